The van der Waals surface area contributed by atoms with E-state index in [0.29, 0.717) is 12.6 Å². The van der Waals surface area contributed by atoms with E-state index in [0.717, 1.165) is 28.7 Å². The zero-order valence-electron chi connectivity index (χ0n) is 13.2. The fourth-order valence-corrected chi connectivity index (χ4v) is 2.09. The van der Waals surface area contributed by atoms with Gasteiger partial charge in [-0.25, -0.2) is 0 Å². The van der Waals surface area contributed by atoms with Crippen molar-refractivity contribution in [2.24, 2.45) is 4.99 Å². The van der Waals surface area contributed by atoms with Crippen LogP contribution >= 0.6 is 15.9 Å². The van der Waals surface area contributed by atoms with Gasteiger partial charge in [0.1, 0.15) is 0 Å². The van der Waals surface area contributed by atoms with Gasteiger partial charge in [0.25, 0.3) is 0 Å². The van der Waals surface area contributed by atoms with Crippen LogP contribution in [0.15, 0.2) is 27.7 Å². The Morgan fingerprint density at radius 1 is 1.36 bits per heavy atom. The van der Waals surface area contributed by atoms with Crippen molar-refractivity contribution in [2.45, 2.75) is 13.3 Å². The number of carbonyl (C=O) groups is 1. The average molecular weight is 371 g/mol. The molecule has 0 saturated heterocycles. The molecule has 0 aliphatic heterocycles. The minimum absolute atomic E-state index is 0.124. The monoisotopic (exact) mass is 370 g/mol. The predicted molar refractivity (Wildman–Crippen MR) is 93.4 cm³/mol. The molecule has 0 unspecified atom stereocenters. The van der Waals surface area contributed by atoms with Gasteiger partial charge in [-0.1, -0.05) is 22.0 Å². The Morgan fingerprint density at radius 2 is 2.14 bits per heavy atom. The Kier molecular flexibility index (Phi) is 8.54. The minimum Gasteiger partial charge on any atom is -0.385 e. The molecule has 0 aliphatic rings. The van der Waals surface area contributed by atoms with Crippen molar-refractivity contribution in [1.82, 2.24) is 10.6 Å². The van der Waals surface area contributed by atoms with E-state index in [1.54, 1.807) is 14.2 Å². The number of amides is 1. The first-order valence-electron chi connectivity index (χ1n) is 7.06. The summed E-state index contributed by atoms with van der Waals surface area (Å²) in [5.74, 6) is 0.471. The first-order chi connectivity index (χ1) is 10.6. The third-order valence-corrected chi connectivity index (χ3v) is 3.42. The normalized spacial score (nSPS) is 11.2. The number of nitrogens with zero attached hydrogens (tertiary/aromatic N) is 1. The number of hydrogen-bond acceptors (Lipinski definition) is 3. The topological polar surface area (TPSA) is 74.8 Å². The van der Waals surface area contributed by atoms with Crippen LogP contribution in [0.25, 0.3) is 0 Å². The molecule has 0 heterocycles. The molecule has 22 heavy (non-hydrogen) atoms. The molecule has 1 aromatic rings. The fraction of sp³-hybridized carbons (Fsp3) is 0.467. The van der Waals surface area contributed by atoms with Crippen LogP contribution in [0, 0.1) is 6.92 Å². The highest BCUT2D eigenvalue weighted by Gasteiger charge is 2.06. The highest BCUT2D eigenvalue weighted by atomic mass is 79.9. The van der Waals surface area contributed by atoms with Crippen molar-refractivity contribution in [3.05, 3.63) is 28.2 Å². The lowest BCUT2D eigenvalue weighted by atomic mass is 10.2. The zero-order valence-corrected chi connectivity index (χ0v) is 14.8. The summed E-state index contributed by atoms with van der Waals surface area (Å²) in [4.78, 5) is 16.0. The molecule has 0 radical (unpaired) electrons. The highest BCUT2D eigenvalue weighted by molar-refractivity contribution is 9.10. The molecule has 122 valence electrons. The summed E-state index contributed by atoms with van der Waals surface area (Å²) in [5.41, 5.74) is 1.81. The van der Waals surface area contributed by atoms with Gasteiger partial charge in [0.15, 0.2) is 5.96 Å². The summed E-state index contributed by atoms with van der Waals surface area (Å²) in [6.45, 7) is 3.52. The van der Waals surface area contributed by atoms with E-state index in [2.05, 4.69) is 36.9 Å². The maximum Gasteiger partial charge on any atom is 0.243 e. The standard InChI is InChI=1S/C15H23BrN4O2/c1-11-5-6-12(16)9-13(11)20-14(21)10-19-15(17-2)18-7-4-8-22-3/h5-6,9H,4,7-8,10H2,1-3H3,(H,20,21)(H2,17,18,19). The van der Waals surface area contributed by atoms with Gasteiger partial charge in [0.2, 0.25) is 5.91 Å². The third-order valence-electron chi connectivity index (χ3n) is 2.93. The second kappa shape index (κ2) is 10.2. The van der Waals surface area contributed by atoms with Crippen LogP contribution < -0.4 is 16.0 Å². The molecule has 0 aromatic heterocycles. The summed E-state index contributed by atoms with van der Waals surface area (Å²) < 4.78 is 5.90. The largest absolute Gasteiger partial charge is 0.385 e. The highest BCUT2D eigenvalue weighted by Crippen LogP contribution is 2.20. The zero-order chi connectivity index (χ0) is 16.4. The molecule has 1 amide bonds. The maximum atomic E-state index is 12.0. The van der Waals surface area contributed by atoms with Gasteiger partial charge in [0, 0.05) is 37.5 Å². The number of anilines is 1. The van der Waals surface area contributed by atoms with Crippen molar-refractivity contribution in [2.75, 3.05) is 39.2 Å². The SMILES string of the molecule is CN=C(NCCCOC)NCC(=O)Nc1cc(Br)ccc1C. The lowest BCUT2D eigenvalue weighted by Gasteiger charge is -2.13. The number of nitrogens with one attached hydrogen (secondary N) is 3. The van der Waals surface area contributed by atoms with Gasteiger partial charge in [-0.15, -0.1) is 0 Å². The number of benzene rings is 1. The van der Waals surface area contributed by atoms with Crippen molar-refractivity contribution in [3.8, 4) is 0 Å². The average Bonchev–Trinajstić information content (AvgIpc) is 2.50. The number of methoxy groups -OCH3 is 1. The van der Waals surface area contributed by atoms with Gasteiger partial charge >= 0.3 is 0 Å². The van der Waals surface area contributed by atoms with Crippen molar-refractivity contribution in [3.63, 3.8) is 0 Å². The van der Waals surface area contributed by atoms with E-state index in [4.69, 9.17) is 4.74 Å². The number of halogens is 1. The number of aliphatic imine (C=N–C) groups is 1. The first-order valence-corrected chi connectivity index (χ1v) is 7.85. The van der Waals surface area contributed by atoms with Gasteiger partial charge in [-0.3, -0.25) is 9.79 Å². The van der Waals surface area contributed by atoms with E-state index in [1.807, 2.05) is 25.1 Å². The molecule has 3 N–H and O–H groups in total. The Labute approximate surface area is 139 Å². The van der Waals surface area contributed by atoms with Gasteiger partial charge in [0.05, 0.1) is 6.54 Å². The molecule has 0 atom stereocenters. The smallest absolute Gasteiger partial charge is 0.243 e. The van der Waals surface area contributed by atoms with E-state index < -0.39 is 0 Å². The lowest BCUT2D eigenvalue weighted by Crippen LogP contribution is -2.41. The fourth-order valence-electron chi connectivity index (χ4n) is 1.73. The van der Waals surface area contributed by atoms with Gasteiger partial charge in [-0.05, 0) is 31.0 Å². The molecule has 0 spiro atoms. The molecule has 1 aromatic carbocycles. The number of ether oxygens (including phenoxy) is 1. The van der Waals surface area contributed by atoms with Crippen molar-refractivity contribution in [1.29, 1.82) is 0 Å². The first kappa shape index (κ1) is 18.4. The second-order valence-electron chi connectivity index (χ2n) is 4.71. The van der Waals surface area contributed by atoms with E-state index in [-0.39, 0.29) is 12.5 Å². The van der Waals surface area contributed by atoms with E-state index in [9.17, 15) is 4.79 Å². The van der Waals surface area contributed by atoms with Crippen LogP contribution in [0.2, 0.25) is 0 Å². The Morgan fingerprint density at radius 3 is 2.82 bits per heavy atom. The Bertz CT molecular complexity index is 520. The molecular weight excluding hydrogens is 348 g/mol. The van der Waals surface area contributed by atoms with Crippen LogP contribution in [0.5, 0.6) is 0 Å². The molecule has 0 aliphatic carbocycles. The quantitative estimate of drug-likeness (QED) is 0.389. The molecule has 0 bridgehead atoms. The number of aryl methyl sites for hydroxylation is 1. The minimum atomic E-state index is -0.124. The molecule has 7 heteroatoms. The van der Waals surface area contributed by atoms with E-state index >= 15 is 0 Å². The Balaban J connectivity index is 2.39. The summed E-state index contributed by atoms with van der Waals surface area (Å²) in [5, 5.41) is 8.96. The van der Waals surface area contributed by atoms with Gasteiger partial charge < -0.3 is 20.7 Å². The van der Waals surface area contributed by atoms with Crippen LogP contribution in [0.3, 0.4) is 0 Å². The van der Waals surface area contributed by atoms with E-state index in [1.165, 1.54) is 0 Å². The lowest BCUT2D eigenvalue weighted by molar-refractivity contribution is -0.115. The van der Waals surface area contributed by atoms with Crippen LogP contribution in [-0.4, -0.2) is 45.7 Å². The molecular formula is C15H23BrN4O2. The maximum absolute atomic E-state index is 12.0. The molecule has 6 nitrogen and oxygen atoms in total. The Hall–Kier alpha value is -1.60. The van der Waals surface area contributed by atoms with Crippen molar-refractivity contribution < 1.29 is 9.53 Å². The summed E-state index contributed by atoms with van der Waals surface area (Å²) in [7, 11) is 3.34. The second-order valence-corrected chi connectivity index (χ2v) is 5.62. The predicted octanol–water partition coefficient (Wildman–Crippen LogP) is 1.90. The molecule has 1 rings (SSSR count). The third kappa shape index (κ3) is 6.91. The number of guanidine groups is 1. The van der Waals surface area contributed by atoms with Gasteiger partial charge in [-0.2, -0.15) is 0 Å². The molecule has 0 saturated carbocycles. The molecule has 0 fully saturated rings. The van der Waals surface area contributed by atoms with Crippen LogP contribution in [0.1, 0.15) is 12.0 Å². The summed E-state index contributed by atoms with van der Waals surface area (Å²) in [6.07, 6.45) is 0.876. The summed E-state index contributed by atoms with van der Waals surface area (Å²) in [6, 6.07) is 5.77. The number of carbonyl (C=O) groups excluding carboxylic acids is 1. The van der Waals surface area contributed by atoms with Crippen LogP contribution in [0.4, 0.5) is 5.69 Å². The number of rotatable bonds is 7. The van der Waals surface area contributed by atoms with Crippen LogP contribution in [-0.2, 0) is 9.53 Å². The summed E-state index contributed by atoms with van der Waals surface area (Å²) >= 11 is 3.39. The van der Waals surface area contributed by atoms with Crippen molar-refractivity contribution >= 4 is 33.5 Å². The number of hydrogen-bond donors (Lipinski definition) is 3.